The summed E-state index contributed by atoms with van der Waals surface area (Å²) in [7, 11) is -2.86. The summed E-state index contributed by atoms with van der Waals surface area (Å²) in [5, 5.41) is 0.147. The van der Waals surface area contributed by atoms with Gasteiger partial charge in [-0.15, -0.1) is 0 Å². The summed E-state index contributed by atoms with van der Waals surface area (Å²) in [5.74, 6) is -0.573. The highest BCUT2D eigenvalue weighted by Gasteiger charge is 2.22. The first-order valence-corrected chi connectivity index (χ1v) is 11.8. The van der Waals surface area contributed by atoms with Gasteiger partial charge in [0.15, 0.2) is 0 Å². The molecule has 0 bridgehead atoms. The molecule has 0 radical (unpaired) electrons. The average Bonchev–Trinajstić information content (AvgIpc) is 2.75. The van der Waals surface area contributed by atoms with E-state index in [0.717, 1.165) is 16.7 Å². The van der Waals surface area contributed by atoms with Crippen molar-refractivity contribution in [1.82, 2.24) is 9.97 Å². The standard InChI is InChI=1S/C23H24ClN3O4S/c1-13(2)18-11-6-8-14(3)19(18)20-15(4)21(24)26-23(25-20)27-32(29,30)17-10-7-9-16(12-17)22(28)31-5/h6-13H,1-5H3,(H,25,26,27). The molecule has 0 amide bonds. The molecule has 1 aromatic heterocycles. The normalized spacial score (nSPS) is 11.5. The lowest BCUT2D eigenvalue weighted by Gasteiger charge is -2.18. The van der Waals surface area contributed by atoms with E-state index in [4.69, 9.17) is 11.6 Å². The van der Waals surface area contributed by atoms with E-state index in [1.54, 1.807) is 6.92 Å². The molecule has 0 atom stereocenters. The van der Waals surface area contributed by atoms with Crippen molar-refractivity contribution in [2.75, 3.05) is 11.8 Å². The lowest BCUT2D eigenvalue weighted by molar-refractivity contribution is 0.0600. The number of aryl methyl sites for hydroxylation is 1. The number of benzene rings is 2. The largest absolute Gasteiger partial charge is 0.465 e. The Hall–Kier alpha value is -2.97. The Kier molecular flexibility index (Phi) is 6.85. The average molecular weight is 474 g/mol. The van der Waals surface area contributed by atoms with Gasteiger partial charge in [-0.25, -0.2) is 22.9 Å². The lowest BCUT2D eigenvalue weighted by Crippen LogP contribution is -2.16. The number of anilines is 1. The van der Waals surface area contributed by atoms with Crippen LogP contribution in [0.4, 0.5) is 5.95 Å². The SMILES string of the molecule is COC(=O)c1cccc(S(=O)(=O)Nc2nc(Cl)c(C)c(-c3c(C)cccc3C(C)C)n2)c1. The zero-order valence-corrected chi connectivity index (χ0v) is 20.0. The van der Waals surface area contributed by atoms with Crippen LogP contribution in [0, 0.1) is 13.8 Å². The van der Waals surface area contributed by atoms with E-state index in [0.29, 0.717) is 11.3 Å². The van der Waals surface area contributed by atoms with Gasteiger partial charge in [0.25, 0.3) is 10.0 Å². The van der Waals surface area contributed by atoms with Crippen molar-refractivity contribution < 1.29 is 17.9 Å². The molecule has 1 N–H and O–H groups in total. The monoisotopic (exact) mass is 473 g/mol. The van der Waals surface area contributed by atoms with Gasteiger partial charge in [-0.1, -0.05) is 49.7 Å². The van der Waals surface area contributed by atoms with Crippen LogP contribution in [-0.4, -0.2) is 31.5 Å². The summed E-state index contributed by atoms with van der Waals surface area (Å²) >= 11 is 6.37. The fraction of sp³-hybridized carbons (Fsp3) is 0.261. The molecule has 0 spiro atoms. The number of carbonyl (C=O) groups excluding carboxylic acids is 1. The number of esters is 1. The smallest absolute Gasteiger partial charge is 0.337 e. The van der Waals surface area contributed by atoms with Crippen LogP contribution >= 0.6 is 11.6 Å². The third-order valence-electron chi connectivity index (χ3n) is 5.04. The molecule has 0 saturated carbocycles. The summed E-state index contributed by atoms with van der Waals surface area (Å²) in [4.78, 5) is 20.3. The van der Waals surface area contributed by atoms with Gasteiger partial charge in [0.2, 0.25) is 5.95 Å². The molecule has 0 unspecified atom stereocenters. The Morgan fingerprint density at radius 2 is 1.78 bits per heavy atom. The van der Waals surface area contributed by atoms with E-state index in [1.807, 2.05) is 25.1 Å². The maximum atomic E-state index is 13.0. The zero-order chi connectivity index (χ0) is 23.6. The van der Waals surface area contributed by atoms with Gasteiger partial charge in [-0.2, -0.15) is 4.98 Å². The van der Waals surface area contributed by atoms with Crippen molar-refractivity contribution in [2.45, 2.75) is 38.5 Å². The number of halogens is 1. The maximum Gasteiger partial charge on any atom is 0.337 e. The van der Waals surface area contributed by atoms with Gasteiger partial charge in [-0.05, 0) is 49.1 Å². The van der Waals surface area contributed by atoms with E-state index in [2.05, 4.69) is 33.3 Å². The number of ether oxygens (including phenoxy) is 1. The van der Waals surface area contributed by atoms with Gasteiger partial charge in [-0.3, -0.25) is 0 Å². The van der Waals surface area contributed by atoms with Crippen LogP contribution in [0.3, 0.4) is 0 Å². The van der Waals surface area contributed by atoms with E-state index in [1.165, 1.54) is 31.4 Å². The molecule has 0 fully saturated rings. The zero-order valence-electron chi connectivity index (χ0n) is 18.4. The van der Waals surface area contributed by atoms with E-state index < -0.39 is 16.0 Å². The van der Waals surface area contributed by atoms with Gasteiger partial charge in [0.1, 0.15) is 5.15 Å². The summed E-state index contributed by atoms with van der Waals surface area (Å²) in [6.07, 6.45) is 0. The van der Waals surface area contributed by atoms with Crippen molar-refractivity contribution in [2.24, 2.45) is 0 Å². The van der Waals surface area contributed by atoms with Crippen molar-refractivity contribution in [3.05, 3.63) is 69.9 Å². The molecule has 2 aromatic carbocycles. The van der Waals surface area contributed by atoms with Crippen LogP contribution in [0.1, 0.15) is 46.8 Å². The van der Waals surface area contributed by atoms with E-state index in [-0.39, 0.29) is 27.5 Å². The fourth-order valence-electron chi connectivity index (χ4n) is 3.36. The van der Waals surface area contributed by atoms with Crippen LogP contribution in [0.25, 0.3) is 11.3 Å². The van der Waals surface area contributed by atoms with E-state index in [9.17, 15) is 13.2 Å². The summed E-state index contributed by atoms with van der Waals surface area (Å²) < 4.78 is 33.0. The molecule has 168 valence electrons. The molecule has 0 aliphatic rings. The number of rotatable bonds is 6. The van der Waals surface area contributed by atoms with Crippen molar-refractivity contribution in [3.63, 3.8) is 0 Å². The minimum Gasteiger partial charge on any atom is -0.465 e. The first-order valence-electron chi connectivity index (χ1n) is 9.90. The van der Waals surface area contributed by atoms with Crippen molar-refractivity contribution in [1.29, 1.82) is 0 Å². The first-order chi connectivity index (χ1) is 15.0. The summed E-state index contributed by atoms with van der Waals surface area (Å²) in [6.45, 7) is 7.92. The topological polar surface area (TPSA) is 98.2 Å². The third-order valence-corrected chi connectivity index (χ3v) is 6.74. The predicted molar refractivity (Wildman–Crippen MR) is 125 cm³/mol. The Labute approximate surface area is 192 Å². The molecule has 32 heavy (non-hydrogen) atoms. The second-order valence-electron chi connectivity index (χ2n) is 7.63. The maximum absolute atomic E-state index is 13.0. The van der Waals surface area contributed by atoms with Crippen LogP contribution in [0.2, 0.25) is 5.15 Å². The van der Waals surface area contributed by atoms with Gasteiger partial charge in [0, 0.05) is 11.1 Å². The fourth-order valence-corrected chi connectivity index (χ4v) is 4.52. The minimum atomic E-state index is -4.08. The predicted octanol–water partition coefficient (Wildman–Crippen LogP) is 5.12. The lowest BCUT2D eigenvalue weighted by atomic mass is 9.90. The highest BCUT2D eigenvalue weighted by Crippen LogP contribution is 2.35. The Morgan fingerprint density at radius 3 is 2.44 bits per heavy atom. The number of hydrogen-bond donors (Lipinski definition) is 1. The van der Waals surface area contributed by atoms with Gasteiger partial charge < -0.3 is 4.74 Å². The number of nitrogens with one attached hydrogen (secondary N) is 1. The highest BCUT2D eigenvalue weighted by molar-refractivity contribution is 7.92. The molecule has 1 heterocycles. The number of carbonyl (C=O) groups is 1. The number of sulfonamides is 1. The molecule has 0 aliphatic carbocycles. The molecular formula is C23H24ClN3O4S. The summed E-state index contributed by atoms with van der Waals surface area (Å²) in [6, 6.07) is 11.5. The van der Waals surface area contributed by atoms with Crippen LogP contribution in [0.15, 0.2) is 47.4 Å². The molecule has 0 saturated heterocycles. The van der Waals surface area contributed by atoms with Crippen LogP contribution in [0.5, 0.6) is 0 Å². The molecule has 3 aromatic rings. The molecule has 0 aliphatic heterocycles. The highest BCUT2D eigenvalue weighted by atomic mass is 35.5. The molecule has 7 nitrogen and oxygen atoms in total. The summed E-state index contributed by atoms with van der Waals surface area (Å²) in [5.41, 5.74) is 4.29. The van der Waals surface area contributed by atoms with Crippen LogP contribution < -0.4 is 4.72 Å². The third kappa shape index (κ3) is 4.76. The number of nitrogens with zero attached hydrogens (tertiary/aromatic N) is 2. The number of aromatic nitrogens is 2. The second kappa shape index (κ2) is 9.26. The Balaban J connectivity index is 2.09. The Bertz CT molecular complexity index is 1290. The number of hydrogen-bond acceptors (Lipinski definition) is 6. The minimum absolute atomic E-state index is 0.111. The van der Waals surface area contributed by atoms with Crippen molar-refractivity contribution in [3.8, 4) is 11.3 Å². The van der Waals surface area contributed by atoms with Gasteiger partial charge in [0.05, 0.1) is 23.3 Å². The molecule has 9 heteroatoms. The Morgan fingerprint density at radius 1 is 1.09 bits per heavy atom. The molecular weight excluding hydrogens is 450 g/mol. The quantitative estimate of drug-likeness (QED) is 0.394. The number of methoxy groups -OCH3 is 1. The van der Waals surface area contributed by atoms with Gasteiger partial charge >= 0.3 is 5.97 Å². The second-order valence-corrected chi connectivity index (χ2v) is 9.67. The van der Waals surface area contributed by atoms with Crippen LogP contribution in [-0.2, 0) is 14.8 Å². The van der Waals surface area contributed by atoms with Crippen molar-refractivity contribution >= 4 is 33.5 Å². The first kappa shape index (κ1) is 23.7. The van der Waals surface area contributed by atoms with E-state index >= 15 is 0 Å². The molecule has 3 rings (SSSR count).